The Balaban J connectivity index is 0.920. The lowest BCUT2D eigenvalue weighted by molar-refractivity contribution is 0.996. The molecule has 5 heterocycles. The van der Waals surface area contributed by atoms with Crippen LogP contribution in [0.5, 0.6) is 0 Å². The summed E-state index contributed by atoms with van der Waals surface area (Å²) in [6.07, 6.45) is 0. The van der Waals surface area contributed by atoms with Crippen molar-refractivity contribution in [2.75, 3.05) is 0 Å². The zero-order valence-corrected chi connectivity index (χ0v) is 52.2. The number of hydrogen-bond donors (Lipinski definition) is 0. The Labute approximate surface area is 534 Å². The quantitative estimate of drug-likeness (QED) is 0.0904. The molecule has 0 aliphatic rings. The molecule has 0 fully saturated rings. The highest BCUT2D eigenvalue weighted by atomic mass is 28.3. The Hall–Kier alpha value is -11.7. The monoisotopic (exact) mass is 1210 g/mol. The van der Waals surface area contributed by atoms with Gasteiger partial charge in [0.25, 0.3) is 0 Å². The van der Waals surface area contributed by atoms with Gasteiger partial charge in [0.2, 0.25) is 5.78 Å². The highest BCUT2D eigenvalue weighted by Gasteiger charge is 2.43. The van der Waals surface area contributed by atoms with Crippen molar-refractivity contribution < 1.29 is 0 Å². The van der Waals surface area contributed by atoms with Crippen molar-refractivity contribution in [3.8, 4) is 28.5 Å². The van der Waals surface area contributed by atoms with Gasteiger partial charge in [0.15, 0.2) is 16.1 Å². The van der Waals surface area contributed by atoms with Crippen molar-refractivity contribution in [1.29, 1.82) is 0 Å². The number of benzene rings is 13. The maximum atomic E-state index is 5.98. The molecule has 0 radical (unpaired) electrons. The lowest BCUT2D eigenvalue weighted by atomic mass is 10.1. The van der Waals surface area contributed by atoms with Gasteiger partial charge < -0.3 is 4.57 Å². The minimum atomic E-state index is -2.97. The third kappa shape index (κ3) is 8.11. The summed E-state index contributed by atoms with van der Waals surface area (Å²) in [4.78, 5) is 11.6. The normalized spacial score (nSPS) is 12.1. The molecule has 0 bridgehead atoms. The third-order valence-electron chi connectivity index (χ3n) is 19.3. The summed E-state index contributed by atoms with van der Waals surface area (Å²) in [5.41, 5.74) is 11.6. The topological polar surface area (TPSA) is 45.0 Å². The molecule has 92 heavy (non-hydrogen) atoms. The lowest BCUT2D eigenvalue weighted by Gasteiger charge is -2.34. The molecule has 0 aliphatic heterocycles. The van der Waals surface area contributed by atoms with Crippen molar-refractivity contribution in [2.45, 2.75) is 0 Å². The molecule has 0 saturated carbocycles. The smallest absolute Gasteiger partial charge is 0.221 e. The molecule has 5 aromatic heterocycles. The number of hydrogen-bond acceptors (Lipinski definition) is 2. The summed E-state index contributed by atoms with van der Waals surface area (Å²) in [6.45, 7) is 0. The van der Waals surface area contributed by atoms with Crippen LogP contribution < -0.4 is 41.5 Å². The van der Waals surface area contributed by atoms with E-state index in [1.54, 1.807) is 0 Å². The van der Waals surface area contributed by atoms with Crippen LogP contribution in [-0.4, -0.2) is 44.2 Å². The molecule has 0 saturated heterocycles. The first-order valence-corrected chi connectivity index (χ1v) is 35.6. The van der Waals surface area contributed by atoms with Gasteiger partial charge in [-0.05, 0) is 125 Å². The largest absolute Gasteiger partial charge is 0.309 e. The summed E-state index contributed by atoms with van der Waals surface area (Å²) in [6, 6.07) is 130. The van der Waals surface area contributed by atoms with Crippen molar-refractivity contribution in [3.63, 3.8) is 0 Å². The molecule has 6 nitrogen and oxygen atoms in total. The third-order valence-corrected chi connectivity index (χ3v) is 28.8. The standard InChI is InChI=1S/C84H58N6Si2/c1-7-30-62(31-8-1)91(63-32-9-2-10-33-63,64-34-11-3-12-35-64)68-50-52-78-73(57-68)72-44-21-25-48-77(72)88(78)82-55-60(59-28-27-29-61(54-59)87-75-46-23-19-42-70(75)71-43-20-24-47-76(71)87)56-83(86-82)90-80-53-51-69(58-81(80)89-79-49-26-22-45-74(79)85-84(89)90)92(65-36-13-4-14-37-65,66-38-15-5-16-39-66)67-40-17-6-18-41-67/h1-58H. The average Bonchev–Trinajstić information content (AvgIpc) is 1.44. The van der Waals surface area contributed by atoms with Gasteiger partial charge in [-0.15, -0.1) is 0 Å². The Morgan fingerprint density at radius 2 is 0.609 bits per heavy atom. The van der Waals surface area contributed by atoms with Gasteiger partial charge >= 0.3 is 0 Å². The Kier molecular flexibility index (Phi) is 12.5. The van der Waals surface area contributed by atoms with Crippen LogP contribution >= 0.6 is 0 Å². The van der Waals surface area contributed by atoms with E-state index in [1.807, 2.05) is 0 Å². The minimum Gasteiger partial charge on any atom is -0.309 e. The number of aromatic nitrogens is 6. The van der Waals surface area contributed by atoms with E-state index < -0.39 is 16.1 Å². The van der Waals surface area contributed by atoms with Crippen LogP contribution in [0.4, 0.5) is 0 Å². The summed E-state index contributed by atoms with van der Waals surface area (Å²) >= 11 is 0. The molecule has 0 amide bonds. The molecule has 0 unspecified atom stereocenters. The van der Waals surface area contributed by atoms with Gasteiger partial charge in [-0.2, -0.15) is 0 Å². The van der Waals surface area contributed by atoms with Crippen LogP contribution in [0.1, 0.15) is 0 Å². The molecule has 13 aromatic carbocycles. The predicted octanol–water partition coefficient (Wildman–Crippen LogP) is 14.4. The highest BCUT2D eigenvalue weighted by Crippen LogP contribution is 2.38. The summed E-state index contributed by atoms with van der Waals surface area (Å²) in [5, 5.41) is 15.3. The zero-order valence-electron chi connectivity index (χ0n) is 50.2. The molecular formula is C84H58N6Si2. The first-order valence-electron chi connectivity index (χ1n) is 31.6. The van der Waals surface area contributed by atoms with Crippen LogP contribution in [-0.2, 0) is 0 Å². The van der Waals surface area contributed by atoms with Crippen LogP contribution in [0.3, 0.4) is 0 Å². The summed E-state index contributed by atoms with van der Waals surface area (Å²) < 4.78 is 9.49. The maximum Gasteiger partial charge on any atom is 0.221 e. The van der Waals surface area contributed by atoms with Crippen molar-refractivity contribution in [3.05, 3.63) is 352 Å². The minimum absolute atomic E-state index is 0.756. The summed E-state index contributed by atoms with van der Waals surface area (Å²) in [7, 11) is -5.88. The van der Waals surface area contributed by atoms with Crippen LogP contribution in [0, 0.1) is 0 Å². The van der Waals surface area contributed by atoms with Gasteiger partial charge in [-0.3, -0.25) is 13.5 Å². The molecule has 432 valence electrons. The fraction of sp³-hybridized carbons (Fsp3) is 0. The average molecular weight is 1210 g/mol. The highest BCUT2D eigenvalue weighted by molar-refractivity contribution is 7.20. The molecule has 0 atom stereocenters. The fourth-order valence-corrected chi connectivity index (χ4v) is 24.9. The van der Waals surface area contributed by atoms with E-state index in [0.29, 0.717) is 0 Å². The first-order chi connectivity index (χ1) is 45.6. The number of fused-ring (bicyclic) bond motifs is 11. The molecule has 8 heteroatoms. The van der Waals surface area contributed by atoms with E-state index in [1.165, 1.54) is 57.7 Å². The van der Waals surface area contributed by atoms with E-state index in [9.17, 15) is 0 Å². The first kappa shape index (κ1) is 53.4. The molecule has 0 spiro atoms. The maximum absolute atomic E-state index is 5.98. The van der Waals surface area contributed by atoms with E-state index in [0.717, 1.165) is 83.7 Å². The number of pyridine rings is 1. The van der Waals surface area contributed by atoms with E-state index in [2.05, 4.69) is 370 Å². The second kappa shape index (κ2) is 21.5. The Bertz CT molecular complexity index is 5570. The van der Waals surface area contributed by atoms with Crippen LogP contribution in [0.25, 0.3) is 99.9 Å². The van der Waals surface area contributed by atoms with Gasteiger partial charge in [0.05, 0.1) is 44.1 Å². The predicted molar refractivity (Wildman–Crippen MR) is 389 cm³/mol. The fourth-order valence-electron chi connectivity index (χ4n) is 15.4. The van der Waals surface area contributed by atoms with Gasteiger partial charge in [0.1, 0.15) is 11.6 Å². The van der Waals surface area contributed by atoms with Gasteiger partial charge in [0, 0.05) is 27.2 Å². The van der Waals surface area contributed by atoms with Crippen molar-refractivity contribution in [1.82, 2.24) is 28.1 Å². The van der Waals surface area contributed by atoms with Gasteiger partial charge in [-0.1, -0.05) is 279 Å². The number of nitrogens with zero attached hydrogens (tertiary/aromatic N) is 6. The second-order valence-corrected chi connectivity index (χ2v) is 31.7. The Morgan fingerprint density at radius 1 is 0.217 bits per heavy atom. The van der Waals surface area contributed by atoms with E-state index >= 15 is 0 Å². The van der Waals surface area contributed by atoms with E-state index in [-0.39, 0.29) is 0 Å². The molecule has 0 aliphatic carbocycles. The molecular weight excluding hydrogens is 1150 g/mol. The van der Waals surface area contributed by atoms with E-state index in [4.69, 9.17) is 9.97 Å². The number of imidazole rings is 2. The van der Waals surface area contributed by atoms with Crippen molar-refractivity contribution in [2.24, 2.45) is 0 Å². The molecule has 18 rings (SSSR count). The molecule has 0 N–H and O–H groups in total. The number of rotatable bonds is 12. The lowest BCUT2D eigenvalue weighted by Crippen LogP contribution is -2.74. The SMILES string of the molecule is c1ccc([Si](c2ccccc2)(c2ccccc2)c2ccc3c(c2)c2ccccc2n3-c2cc(-c3cccc(-n4c5ccccc5c5ccccc54)c3)cc(-n3c4ccc([Si](c5ccccc5)(c5ccccc5)c5ccccc5)cc4n4c5ccccc5nc34)n2)cc1. The zero-order chi connectivity index (χ0) is 60.7. The van der Waals surface area contributed by atoms with Crippen LogP contribution in [0.15, 0.2) is 352 Å². The summed E-state index contributed by atoms with van der Waals surface area (Å²) in [5.74, 6) is 2.34. The Morgan fingerprint density at radius 3 is 1.11 bits per heavy atom. The second-order valence-electron chi connectivity index (χ2n) is 24.0. The van der Waals surface area contributed by atoms with Gasteiger partial charge in [-0.25, -0.2) is 9.97 Å². The van der Waals surface area contributed by atoms with Crippen LogP contribution in [0.2, 0.25) is 0 Å². The number of para-hydroxylation sites is 5. The van der Waals surface area contributed by atoms with Crippen molar-refractivity contribution >= 4 is 129 Å². The molecule has 18 aromatic rings.